The minimum absolute atomic E-state index is 0.343. The Morgan fingerprint density at radius 1 is 0.788 bits per heavy atom. The minimum Gasteiger partial charge on any atom is -0.418 e. The maximum atomic E-state index is 17.0. The highest BCUT2D eigenvalue weighted by atomic mass is 19.5. The first kappa shape index (κ1) is 22.7. The number of hydrogen-bond acceptors (Lipinski definition) is 1. The number of nitrogens with zero attached hydrogens (tertiary/aromatic N) is 3. The number of aromatic nitrogens is 3. The van der Waals surface area contributed by atoms with Gasteiger partial charge in [-0.1, -0.05) is 83.5 Å². The van der Waals surface area contributed by atoms with Crippen molar-refractivity contribution in [1.29, 1.82) is 0 Å². The van der Waals surface area contributed by atoms with Crippen LogP contribution in [-0.2, 0) is 12.1 Å². The van der Waals surface area contributed by atoms with E-state index in [1.165, 1.54) is 0 Å². The second-order valence-corrected chi connectivity index (χ2v) is 7.71. The summed E-state index contributed by atoms with van der Waals surface area (Å²) in [5, 5.41) is 4.73. The minimum atomic E-state index is -6.00. The average Bonchev–Trinajstić information content (AvgIpc) is 3.41. The van der Waals surface area contributed by atoms with Gasteiger partial charge in [-0.15, -0.1) is 0 Å². The molecule has 0 spiro atoms. The van der Waals surface area contributed by atoms with Crippen molar-refractivity contribution in [2.75, 3.05) is 0 Å². The number of aryl methyl sites for hydroxylation is 1. The first-order chi connectivity index (χ1) is 15.8. The topological polar surface area (TPSA) is 21.7 Å². The summed E-state index contributed by atoms with van der Waals surface area (Å²) >= 11 is 0. The molecule has 0 amide bonds. The maximum absolute atomic E-state index is 17.0. The SMILES string of the molecule is FC(c1ccccc1)(c1ccccc1)[C@@H]1CCc2nn(-c3ccccc3)c[n+]21.F[B-](F)(F)F. The second kappa shape index (κ2) is 9.17. The lowest BCUT2D eigenvalue weighted by molar-refractivity contribution is -0.729. The summed E-state index contributed by atoms with van der Waals surface area (Å²) in [6.07, 6.45) is 3.41. The summed E-state index contributed by atoms with van der Waals surface area (Å²) in [6.45, 7) is 0. The molecule has 4 aromatic rings. The van der Waals surface area contributed by atoms with Crippen LogP contribution in [0.5, 0.6) is 0 Å². The number of para-hydroxylation sites is 1. The third-order valence-corrected chi connectivity index (χ3v) is 5.60. The highest BCUT2D eigenvalue weighted by molar-refractivity contribution is 6.50. The molecular weight excluding hydrogens is 436 g/mol. The zero-order valence-corrected chi connectivity index (χ0v) is 17.5. The zero-order chi connectivity index (χ0) is 23.5. The molecule has 0 unspecified atom stereocenters. The maximum Gasteiger partial charge on any atom is 0.673 e. The van der Waals surface area contributed by atoms with Crippen molar-refractivity contribution in [1.82, 2.24) is 9.78 Å². The largest absolute Gasteiger partial charge is 0.673 e. The Morgan fingerprint density at radius 2 is 1.24 bits per heavy atom. The Hall–Kier alpha value is -3.49. The van der Waals surface area contributed by atoms with E-state index in [1.54, 1.807) is 0 Å². The van der Waals surface area contributed by atoms with Gasteiger partial charge in [0.25, 0.3) is 5.82 Å². The fourth-order valence-corrected chi connectivity index (χ4v) is 4.24. The molecule has 1 aliphatic heterocycles. The first-order valence-electron chi connectivity index (χ1n) is 10.5. The van der Waals surface area contributed by atoms with Crippen LogP contribution in [0.2, 0.25) is 0 Å². The highest BCUT2D eigenvalue weighted by Gasteiger charge is 2.50. The van der Waals surface area contributed by atoms with Crippen LogP contribution < -0.4 is 4.57 Å². The van der Waals surface area contributed by atoms with Crippen molar-refractivity contribution in [2.45, 2.75) is 24.6 Å². The number of rotatable bonds is 4. The van der Waals surface area contributed by atoms with Gasteiger partial charge >= 0.3 is 7.25 Å². The molecule has 3 nitrogen and oxygen atoms in total. The Morgan fingerprint density at radius 3 is 1.73 bits per heavy atom. The van der Waals surface area contributed by atoms with E-state index in [-0.39, 0.29) is 6.04 Å². The molecule has 1 atom stereocenters. The second-order valence-electron chi connectivity index (χ2n) is 7.71. The van der Waals surface area contributed by atoms with Gasteiger partial charge in [-0.25, -0.2) is 8.96 Å². The van der Waals surface area contributed by atoms with E-state index in [9.17, 15) is 17.3 Å². The summed E-state index contributed by atoms with van der Waals surface area (Å²) in [5.74, 6) is 0.919. The van der Waals surface area contributed by atoms with E-state index in [1.807, 2.05) is 107 Å². The predicted molar refractivity (Wildman–Crippen MR) is 116 cm³/mol. The van der Waals surface area contributed by atoms with Crippen LogP contribution in [-0.4, -0.2) is 17.0 Å². The Bertz CT molecular complexity index is 1140. The highest BCUT2D eigenvalue weighted by Crippen LogP contribution is 2.45. The first-order valence-corrected chi connectivity index (χ1v) is 10.5. The lowest BCUT2D eigenvalue weighted by Gasteiger charge is -2.31. The van der Waals surface area contributed by atoms with Crippen LogP contribution in [0.3, 0.4) is 0 Å². The quantitative estimate of drug-likeness (QED) is 0.214. The molecule has 0 bridgehead atoms. The molecule has 1 aliphatic rings. The molecule has 3 aromatic carbocycles. The van der Waals surface area contributed by atoms with Gasteiger partial charge < -0.3 is 17.3 Å². The van der Waals surface area contributed by atoms with E-state index in [2.05, 4.69) is 0 Å². The van der Waals surface area contributed by atoms with E-state index in [0.29, 0.717) is 11.1 Å². The average molecular weight is 457 g/mol. The van der Waals surface area contributed by atoms with Gasteiger partial charge in [0.05, 0.1) is 0 Å². The standard InChI is InChI=1S/C24H21FN3.BF4/c25-24(19-10-4-1-5-11-19,20-12-6-2-7-13-20)22-16-17-23-26-28(18-27(22)23)21-14-8-3-9-15-21;2-1(3,4)5/h1-15,18,22H,16-17H2;/q+1;-1/t22-;/m0./s1. The normalized spacial score (nSPS) is 15.5. The van der Waals surface area contributed by atoms with Gasteiger partial charge in [-0.2, -0.15) is 0 Å². The molecular formula is C24H21BF5N3. The molecule has 0 N–H and O–H groups in total. The van der Waals surface area contributed by atoms with Crippen molar-refractivity contribution < 1.29 is 26.2 Å². The van der Waals surface area contributed by atoms with Gasteiger partial charge in [0.2, 0.25) is 6.33 Å². The summed E-state index contributed by atoms with van der Waals surface area (Å²) in [6, 6.07) is 28.6. The fraction of sp³-hybridized carbons (Fsp3) is 0.167. The van der Waals surface area contributed by atoms with Gasteiger partial charge in [0, 0.05) is 11.5 Å². The molecule has 33 heavy (non-hydrogen) atoms. The fourth-order valence-electron chi connectivity index (χ4n) is 4.24. The van der Waals surface area contributed by atoms with Gasteiger partial charge in [0.15, 0.2) is 5.67 Å². The van der Waals surface area contributed by atoms with E-state index < -0.39 is 12.9 Å². The molecule has 170 valence electrons. The van der Waals surface area contributed by atoms with Crippen molar-refractivity contribution in [2.24, 2.45) is 0 Å². The van der Waals surface area contributed by atoms with E-state index in [0.717, 1.165) is 24.4 Å². The van der Waals surface area contributed by atoms with Crippen LogP contribution in [0.15, 0.2) is 97.3 Å². The Kier molecular flexibility index (Phi) is 6.31. The van der Waals surface area contributed by atoms with E-state index >= 15 is 4.39 Å². The monoisotopic (exact) mass is 457 g/mol. The van der Waals surface area contributed by atoms with Crippen molar-refractivity contribution in [3.8, 4) is 5.69 Å². The Balaban J connectivity index is 0.000000471. The van der Waals surface area contributed by atoms with Gasteiger partial charge in [-0.3, -0.25) is 0 Å². The van der Waals surface area contributed by atoms with Gasteiger partial charge in [-0.05, 0) is 29.7 Å². The molecule has 9 heteroatoms. The molecule has 0 fully saturated rings. The van der Waals surface area contributed by atoms with Crippen molar-refractivity contribution in [3.05, 3.63) is 114 Å². The number of alkyl halides is 1. The van der Waals surface area contributed by atoms with Crippen LogP contribution in [0, 0.1) is 0 Å². The van der Waals surface area contributed by atoms with E-state index in [4.69, 9.17) is 5.10 Å². The Labute approximate surface area is 188 Å². The summed E-state index contributed by atoms with van der Waals surface area (Å²) in [5.41, 5.74) is 0.716. The van der Waals surface area contributed by atoms with Crippen LogP contribution in [0.25, 0.3) is 5.69 Å². The van der Waals surface area contributed by atoms with Gasteiger partial charge in [0.1, 0.15) is 11.7 Å². The number of fused-ring (bicyclic) bond motifs is 1. The lowest BCUT2D eigenvalue weighted by atomic mass is 9.81. The predicted octanol–water partition coefficient (Wildman–Crippen LogP) is 5.86. The molecule has 0 saturated carbocycles. The summed E-state index contributed by atoms with van der Waals surface area (Å²) in [4.78, 5) is 0. The molecule has 0 saturated heterocycles. The molecule has 0 aliphatic carbocycles. The number of halogens is 5. The molecule has 1 aromatic heterocycles. The smallest absolute Gasteiger partial charge is 0.418 e. The lowest BCUT2D eigenvalue weighted by Crippen LogP contribution is -2.47. The zero-order valence-electron chi connectivity index (χ0n) is 17.5. The van der Waals surface area contributed by atoms with Crippen molar-refractivity contribution >= 4 is 7.25 Å². The molecule has 2 heterocycles. The number of hydrogen-bond donors (Lipinski definition) is 0. The molecule has 0 radical (unpaired) electrons. The third kappa shape index (κ3) is 4.97. The summed E-state index contributed by atoms with van der Waals surface area (Å²) in [7, 11) is -6.00. The van der Waals surface area contributed by atoms with Crippen molar-refractivity contribution in [3.63, 3.8) is 0 Å². The third-order valence-electron chi connectivity index (χ3n) is 5.60. The van der Waals surface area contributed by atoms with Crippen LogP contribution in [0.4, 0.5) is 21.7 Å². The number of benzene rings is 3. The van der Waals surface area contributed by atoms with Crippen LogP contribution >= 0.6 is 0 Å². The molecule has 5 rings (SSSR count). The summed E-state index contributed by atoms with van der Waals surface area (Å²) < 4.78 is 59.9. The van der Waals surface area contributed by atoms with Crippen LogP contribution in [0.1, 0.15) is 29.4 Å².